The Morgan fingerprint density at radius 2 is 2.29 bits per heavy atom. The van der Waals surface area contributed by atoms with Gasteiger partial charge in [-0.3, -0.25) is 4.57 Å². The van der Waals surface area contributed by atoms with E-state index in [0.29, 0.717) is 17.6 Å². The van der Waals surface area contributed by atoms with Crippen LogP contribution in [0, 0.1) is 5.92 Å². The minimum absolute atomic E-state index is 0.215. The number of oxazole rings is 1. The second kappa shape index (κ2) is 5.66. The number of rotatable bonds is 4. The van der Waals surface area contributed by atoms with Crippen molar-refractivity contribution in [3.63, 3.8) is 0 Å². The van der Waals surface area contributed by atoms with Gasteiger partial charge in [0.25, 0.3) is 0 Å². The van der Waals surface area contributed by atoms with E-state index in [1.54, 1.807) is 7.05 Å². The predicted molar refractivity (Wildman–Crippen MR) is 81.4 cm³/mol. The molecule has 2 heterocycles. The second-order valence-corrected chi connectivity index (χ2v) is 5.69. The summed E-state index contributed by atoms with van der Waals surface area (Å²) in [5, 5.41) is 3.40. The predicted octanol–water partition coefficient (Wildman–Crippen LogP) is 2.21. The fraction of sp³-hybridized carbons (Fsp3) is 0.562. The molecular weight excluding hydrogens is 268 g/mol. The van der Waals surface area contributed by atoms with E-state index in [9.17, 15) is 4.79 Å². The van der Waals surface area contributed by atoms with Crippen molar-refractivity contribution in [1.82, 2.24) is 9.88 Å². The highest BCUT2D eigenvalue weighted by Crippen LogP contribution is 2.35. The van der Waals surface area contributed by atoms with Crippen LogP contribution in [0.15, 0.2) is 27.4 Å². The van der Waals surface area contributed by atoms with Gasteiger partial charge in [0.15, 0.2) is 5.58 Å². The molecule has 1 aliphatic heterocycles. The molecule has 0 bridgehead atoms. The zero-order valence-electron chi connectivity index (χ0n) is 12.8. The summed E-state index contributed by atoms with van der Waals surface area (Å²) >= 11 is 0. The third kappa shape index (κ3) is 2.40. The Kier molecular flexibility index (Phi) is 3.87. The third-order valence-electron chi connectivity index (χ3n) is 4.58. The molecular formula is C16H22N2O3. The summed E-state index contributed by atoms with van der Waals surface area (Å²) in [5.74, 6) is 0.131. The summed E-state index contributed by atoms with van der Waals surface area (Å²) in [6.07, 6.45) is 2.37. The Balaban J connectivity index is 1.99. The second-order valence-electron chi connectivity index (χ2n) is 5.69. The number of ether oxygens (including phenoxy) is 1. The highest BCUT2D eigenvalue weighted by molar-refractivity contribution is 5.73. The highest BCUT2D eigenvalue weighted by Gasteiger charge is 2.33. The molecule has 1 saturated heterocycles. The molecule has 1 aromatic carbocycles. The molecule has 3 unspecified atom stereocenters. The number of fused-ring (bicyclic) bond motifs is 1. The summed E-state index contributed by atoms with van der Waals surface area (Å²) in [6, 6.07) is 6.22. The lowest BCUT2D eigenvalue weighted by atomic mass is 9.87. The molecule has 3 atom stereocenters. The third-order valence-corrected chi connectivity index (χ3v) is 4.58. The number of nitrogens with one attached hydrogen (secondary N) is 1. The van der Waals surface area contributed by atoms with E-state index in [4.69, 9.17) is 9.15 Å². The molecule has 0 saturated carbocycles. The molecule has 0 amide bonds. The summed E-state index contributed by atoms with van der Waals surface area (Å²) < 4.78 is 12.6. The number of hydrogen-bond acceptors (Lipinski definition) is 4. The van der Waals surface area contributed by atoms with Gasteiger partial charge in [-0.05, 0) is 37.6 Å². The molecule has 1 fully saturated rings. The molecule has 0 spiro atoms. The van der Waals surface area contributed by atoms with Gasteiger partial charge in [-0.2, -0.15) is 0 Å². The molecule has 21 heavy (non-hydrogen) atoms. The van der Waals surface area contributed by atoms with Crippen LogP contribution >= 0.6 is 0 Å². The monoisotopic (exact) mass is 290 g/mol. The van der Waals surface area contributed by atoms with E-state index in [1.165, 1.54) is 4.57 Å². The van der Waals surface area contributed by atoms with Gasteiger partial charge in [0.1, 0.15) is 0 Å². The molecule has 114 valence electrons. The maximum Gasteiger partial charge on any atom is 0.419 e. The summed E-state index contributed by atoms with van der Waals surface area (Å²) in [6.45, 7) is 2.99. The van der Waals surface area contributed by atoms with Crippen molar-refractivity contribution in [3.8, 4) is 0 Å². The Labute approximate surface area is 123 Å². The lowest BCUT2D eigenvalue weighted by molar-refractivity contribution is 0.0782. The molecule has 0 radical (unpaired) electrons. The first-order valence-corrected chi connectivity index (χ1v) is 7.54. The number of hydrogen-bond donors (Lipinski definition) is 1. The van der Waals surface area contributed by atoms with Gasteiger partial charge >= 0.3 is 5.76 Å². The van der Waals surface area contributed by atoms with Crippen LogP contribution in [0.5, 0.6) is 0 Å². The summed E-state index contributed by atoms with van der Waals surface area (Å²) in [7, 11) is 3.70. The number of benzene rings is 1. The van der Waals surface area contributed by atoms with Crippen molar-refractivity contribution < 1.29 is 9.15 Å². The summed E-state index contributed by atoms with van der Waals surface area (Å²) in [4.78, 5) is 11.6. The molecule has 5 heteroatoms. The van der Waals surface area contributed by atoms with Crippen molar-refractivity contribution >= 4 is 11.1 Å². The number of aromatic nitrogens is 1. The molecule has 1 N–H and O–H groups in total. The fourth-order valence-electron chi connectivity index (χ4n) is 3.44. The van der Waals surface area contributed by atoms with Crippen LogP contribution in [0.1, 0.15) is 31.4 Å². The standard InChI is InChI=1S/C16H22N2O3/c1-4-13-11(7-8-20-13)15(17-2)10-5-6-12-14(9-10)21-16(19)18(12)3/h5-6,9,11,13,15,17H,4,7-8H2,1-3H3. The minimum atomic E-state index is -0.321. The van der Waals surface area contributed by atoms with Crippen molar-refractivity contribution in [2.45, 2.75) is 31.9 Å². The van der Waals surface area contributed by atoms with Crippen LogP contribution in [-0.4, -0.2) is 24.3 Å². The van der Waals surface area contributed by atoms with Crippen molar-refractivity contribution in [2.75, 3.05) is 13.7 Å². The van der Waals surface area contributed by atoms with E-state index >= 15 is 0 Å². The largest absolute Gasteiger partial charge is 0.419 e. The molecule has 3 rings (SSSR count). The molecule has 5 nitrogen and oxygen atoms in total. The SMILES string of the molecule is CCC1OCCC1C(NC)c1ccc2c(c1)oc(=O)n2C. The lowest BCUT2D eigenvalue weighted by Crippen LogP contribution is -2.30. The average molecular weight is 290 g/mol. The van der Waals surface area contributed by atoms with Crippen LogP contribution in [0.3, 0.4) is 0 Å². The maximum atomic E-state index is 11.6. The van der Waals surface area contributed by atoms with Crippen LogP contribution < -0.4 is 11.1 Å². The first kappa shape index (κ1) is 14.4. The minimum Gasteiger partial charge on any atom is -0.408 e. The quantitative estimate of drug-likeness (QED) is 0.938. The van der Waals surface area contributed by atoms with Gasteiger partial charge in [0.2, 0.25) is 0 Å². The van der Waals surface area contributed by atoms with Gasteiger partial charge in [0.05, 0.1) is 11.6 Å². The van der Waals surface area contributed by atoms with Crippen LogP contribution in [0.2, 0.25) is 0 Å². The van der Waals surface area contributed by atoms with Gasteiger partial charge in [-0.1, -0.05) is 13.0 Å². The van der Waals surface area contributed by atoms with Crippen molar-refractivity contribution in [3.05, 3.63) is 34.3 Å². The topological polar surface area (TPSA) is 56.4 Å². The van der Waals surface area contributed by atoms with E-state index < -0.39 is 0 Å². The van der Waals surface area contributed by atoms with Crippen LogP contribution in [-0.2, 0) is 11.8 Å². The Morgan fingerprint density at radius 1 is 1.48 bits per heavy atom. The first-order valence-electron chi connectivity index (χ1n) is 7.54. The summed E-state index contributed by atoms with van der Waals surface area (Å²) in [5.41, 5.74) is 2.62. The molecule has 2 aromatic rings. The van der Waals surface area contributed by atoms with E-state index in [2.05, 4.69) is 18.3 Å². The van der Waals surface area contributed by atoms with Gasteiger partial charge in [-0.15, -0.1) is 0 Å². The highest BCUT2D eigenvalue weighted by atomic mass is 16.5. The Morgan fingerprint density at radius 3 is 3.00 bits per heavy atom. The van der Waals surface area contributed by atoms with E-state index in [0.717, 1.165) is 30.5 Å². The van der Waals surface area contributed by atoms with Gasteiger partial charge in [-0.25, -0.2) is 4.79 Å². The molecule has 1 aromatic heterocycles. The first-order chi connectivity index (χ1) is 10.2. The maximum absolute atomic E-state index is 11.6. The normalized spacial score (nSPS) is 23.8. The van der Waals surface area contributed by atoms with Gasteiger partial charge < -0.3 is 14.5 Å². The van der Waals surface area contributed by atoms with E-state index in [-0.39, 0.29) is 11.8 Å². The zero-order valence-corrected chi connectivity index (χ0v) is 12.8. The number of nitrogens with zero attached hydrogens (tertiary/aromatic N) is 1. The lowest BCUT2D eigenvalue weighted by Gasteiger charge is -2.27. The van der Waals surface area contributed by atoms with E-state index in [1.807, 2.05) is 19.2 Å². The van der Waals surface area contributed by atoms with Crippen LogP contribution in [0.4, 0.5) is 0 Å². The molecule has 0 aliphatic carbocycles. The average Bonchev–Trinajstić information content (AvgIpc) is 3.06. The Bertz CT molecular complexity index is 688. The number of aryl methyl sites for hydroxylation is 1. The molecule has 1 aliphatic rings. The van der Waals surface area contributed by atoms with Crippen molar-refractivity contribution in [1.29, 1.82) is 0 Å². The van der Waals surface area contributed by atoms with Crippen LogP contribution in [0.25, 0.3) is 11.1 Å². The van der Waals surface area contributed by atoms with Gasteiger partial charge in [0, 0.05) is 25.6 Å². The van der Waals surface area contributed by atoms with Crippen molar-refractivity contribution in [2.24, 2.45) is 13.0 Å². The smallest absolute Gasteiger partial charge is 0.408 e. The Hall–Kier alpha value is -1.59. The zero-order chi connectivity index (χ0) is 15.0. The fourth-order valence-corrected chi connectivity index (χ4v) is 3.44.